The zero-order chi connectivity index (χ0) is 15.9. The van der Waals surface area contributed by atoms with Crippen LogP contribution in [0.25, 0.3) is 6.08 Å². The van der Waals surface area contributed by atoms with Gasteiger partial charge in [-0.1, -0.05) is 41.9 Å². The number of pyridine rings is 1. The molecule has 2 rings (SSSR count). The van der Waals surface area contributed by atoms with Crippen LogP contribution in [0.15, 0.2) is 54.4 Å². The summed E-state index contributed by atoms with van der Waals surface area (Å²) >= 11 is 0. The highest BCUT2D eigenvalue weighted by molar-refractivity contribution is 6.32. The van der Waals surface area contributed by atoms with Crippen LogP contribution in [0.1, 0.15) is 24.1 Å². The van der Waals surface area contributed by atoms with Gasteiger partial charge in [0.1, 0.15) is 19.5 Å². The summed E-state index contributed by atoms with van der Waals surface area (Å²) in [7, 11) is 5.63. The second-order valence-corrected chi connectivity index (χ2v) is 4.83. The largest absolute Gasteiger partial charge is 0.345 e. The molecule has 22 heavy (non-hydrogen) atoms. The van der Waals surface area contributed by atoms with Gasteiger partial charge >= 0.3 is 0 Å². The lowest BCUT2D eigenvalue weighted by Crippen LogP contribution is -2.27. The third-order valence-corrected chi connectivity index (χ3v) is 3.10. The van der Waals surface area contributed by atoms with E-state index in [1.54, 1.807) is 12.3 Å². The Labute approximate surface area is 130 Å². The summed E-state index contributed by atoms with van der Waals surface area (Å²) in [6.45, 7) is 1.87. The molecule has 1 heterocycles. The summed E-state index contributed by atoms with van der Waals surface area (Å²) in [5.41, 5.74) is 2.07. The fraction of sp³-hybridized carbons (Fsp3) is 0.118. The van der Waals surface area contributed by atoms with Crippen LogP contribution in [-0.2, 0) is 4.79 Å². The fourth-order valence-corrected chi connectivity index (χ4v) is 1.97. The van der Waals surface area contributed by atoms with Crippen LogP contribution in [0.4, 0.5) is 0 Å². The number of rotatable bonds is 4. The van der Waals surface area contributed by atoms with Crippen LogP contribution >= 0.6 is 0 Å². The van der Waals surface area contributed by atoms with Crippen LogP contribution in [0, 0.1) is 11.3 Å². The van der Waals surface area contributed by atoms with Crippen molar-refractivity contribution in [3.8, 4) is 6.07 Å². The molecule has 5 heteroatoms. The van der Waals surface area contributed by atoms with Gasteiger partial charge in [-0.05, 0) is 24.1 Å². The quantitative estimate of drug-likeness (QED) is 0.528. The number of carbonyl (C=O) groups is 1. The van der Waals surface area contributed by atoms with Gasteiger partial charge in [0, 0.05) is 12.4 Å². The SMILES string of the molecule is [B]c1cncc(/C=C(\C#N)C(=O)N[C@@H](C)c2ccccc2)c1. The van der Waals surface area contributed by atoms with Crippen molar-refractivity contribution in [3.05, 3.63) is 65.5 Å². The van der Waals surface area contributed by atoms with E-state index in [2.05, 4.69) is 10.3 Å². The van der Waals surface area contributed by atoms with Crippen molar-refractivity contribution in [3.63, 3.8) is 0 Å². The molecule has 4 nitrogen and oxygen atoms in total. The molecule has 1 atom stereocenters. The number of benzene rings is 1. The summed E-state index contributed by atoms with van der Waals surface area (Å²) < 4.78 is 0. The summed E-state index contributed by atoms with van der Waals surface area (Å²) in [6, 6.07) is 12.9. The zero-order valence-electron chi connectivity index (χ0n) is 12.2. The molecular weight excluding hydrogens is 273 g/mol. The Morgan fingerprint density at radius 3 is 2.73 bits per heavy atom. The number of aromatic nitrogens is 1. The molecule has 0 saturated heterocycles. The standard InChI is InChI=1S/C17H14BN3O/c1-12(14-5-3-2-4-6-14)21-17(22)15(9-19)7-13-8-16(18)11-20-10-13/h2-8,10-12H,1H3,(H,21,22)/b15-7+/t12-/m0/s1. The maximum Gasteiger partial charge on any atom is 0.262 e. The molecule has 0 aliphatic rings. The van der Waals surface area contributed by atoms with Crippen molar-refractivity contribution in [1.82, 2.24) is 10.3 Å². The number of amides is 1. The maximum absolute atomic E-state index is 12.2. The first kappa shape index (κ1) is 15.5. The third kappa shape index (κ3) is 4.06. The second kappa shape index (κ2) is 7.23. The normalized spacial score (nSPS) is 12.3. The molecule has 0 unspecified atom stereocenters. The van der Waals surface area contributed by atoms with E-state index in [1.165, 1.54) is 12.3 Å². The van der Waals surface area contributed by atoms with Gasteiger partial charge in [-0.25, -0.2) is 0 Å². The van der Waals surface area contributed by atoms with E-state index in [4.69, 9.17) is 7.85 Å². The monoisotopic (exact) mass is 287 g/mol. The van der Waals surface area contributed by atoms with E-state index in [-0.39, 0.29) is 11.6 Å². The average molecular weight is 287 g/mol. The van der Waals surface area contributed by atoms with E-state index >= 15 is 0 Å². The molecule has 106 valence electrons. The van der Waals surface area contributed by atoms with Crippen LogP contribution in [0.5, 0.6) is 0 Å². The Balaban J connectivity index is 2.14. The zero-order valence-corrected chi connectivity index (χ0v) is 12.2. The van der Waals surface area contributed by atoms with E-state index in [1.807, 2.05) is 43.3 Å². The first-order chi connectivity index (χ1) is 10.6. The van der Waals surface area contributed by atoms with Gasteiger partial charge in [0.15, 0.2) is 0 Å². The minimum atomic E-state index is -0.429. The molecule has 1 N–H and O–H groups in total. The predicted octanol–water partition coefficient (Wildman–Crippen LogP) is 1.66. The van der Waals surface area contributed by atoms with Crippen molar-refractivity contribution in [2.45, 2.75) is 13.0 Å². The van der Waals surface area contributed by atoms with Gasteiger partial charge in [-0.2, -0.15) is 5.26 Å². The highest BCUT2D eigenvalue weighted by Crippen LogP contribution is 2.12. The first-order valence-electron chi connectivity index (χ1n) is 6.78. The molecule has 0 spiro atoms. The number of carbonyl (C=O) groups excluding carboxylic acids is 1. The van der Waals surface area contributed by atoms with Crippen LogP contribution < -0.4 is 10.8 Å². The third-order valence-electron chi connectivity index (χ3n) is 3.10. The summed E-state index contributed by atoms with van der Waals surface area (Å²) in [5.74, 6) is -0.429. The van der Waals surface area contributed by atoms with Gasteiger partial charge in [0.2, 0.25) is 0 Å². The Bertz CT molecular complexity index is 735. The number of hydrogen-bond donors (Lipinski definition) is 1. The van der Waals surface area contributed by atoms with Gasteiger partial charge < -0.3 is 5.32 Å². The molecule has 1 aromatic heterocycles. The molecule has 2 aromatic rings. The summed E-state index contributed by atoms with van der Waals surface area (Å²) in [5, 5.41) is 12.0. The van der Waals surface area contributed by atoms with Crippen molar-refractivity contribution < 1.29 is 4.79 Å². The van der Waals surface area contributed by atoms with Crippen LogP contribution in [0.3, 0.4) is 0 Å². The van der Waals surface area contributed by atoms with Crippen LogP contribution in [-0.4, -0.2) is 18.7 Å². The molecule has 0 fully saturated rings. The number of nitrogens with zero attached hydrogens (tertiary/aromatic N) is 2. The lowest BCUT2D eigenvalue weighted by Gasteiger charge is -2.13. The lowest BCUT2D eigenvalue weighted by molar-refractivity contribution is -0.117. The van der Waals surface area contributed by atoms with E-state index in [0.717, 1.165) is 5.56 Å². The maximum atomic E-state index is 12.2. The Hall–Kier alpha value is -2.87. The molecule has 0 aliphatic carbocycles. The molecular formula is C17H14BN3O. The van der Waals surface area contributed by atoms with Gasteiger partial charge in [0.25, 0.3) is 5.91 Å². The van der Waals surface area contributed by atoms with Crippen molar-refractivity contribution in [2.24, 2.45) is 0 Å². The second-order valence-electron chi connectivity index (χ2n) is 4.83. The van der Waals surface area contributed by atoms with E-state index in [0.29, 0.717) is 11.0 Å². The van der Waals surface area contributed by atoms with Crippen molar-refractivity contribution >= 4 is 25.3 Å². The highest BCUT2D eigenvalue weighted by atomic mass is 16.1. The molecule has 0 aliphatic heterocycles. The average Bonchev–Trinajstić information content (AvgIpc) is 2.53. The van der Waals surface area contributed by atoms with Crippen LogP contribution in [0.2, 0.25) is 0 Å². The number of nitrogens with one attached hydrogen (secondary N) is 1. The predicted molar refractivity (Wildman–Crippen MR) is 86.2 cm³/mol. The molecule has 2 radical (unpaired) electrons. The first-order valence-corrected chi connectivity index (χ1v) is 6.78. The minimum absolute atomic E-state index is 0.00943. The number of nitriles is 1. The Morgan fingerprint density at radius 2 is 2.09 bits per heavy atom. The van der Waals surface area contributed by atoms with Gasteiger partial charge in [0.05, 0.1) is 6.04 Å². The lowest BCUT2D eigenvalue weighted by atomic mass is 9.97. The van der Waals surface area contributed by atoms with Gasteiger partial charge in [-0.15, -0.1) is 0 Å². The van der Waals surface area contributed by atoms with E-state index in [9.17, 15) is 10.1 Å². The number of hydrogen-bond acceptors (Lipinski definition) is 3. The molecule has 0 bridgehead atoms. The van der Waals surface area contributed by atoms with Crippen molar-refractivity contribution in [1.29, 1.82) is 5.26 Å². The molecule has 1 amide bonds. The highest BCUT2D eigenvalue weighted by Gasteiger charge is 2.13. The molecule has 1 aromatic carbocycles. The van der Waals surface area contributed by atoms with Crippen molar-refractivity contribution in [2.75, 3.05) is 0 Å². The van der Waals surface area contributed by atoms with E-state index < -0.39 is 5.91 Å². The topological polar surface area (TPSA) is 65.8 Å². The molecule has 0 saturated carbocycles. The fourth-order valence-electron chi connectivity index (χ4n) is 1.97. The summed E-state index contributed by atoms with van der Waals surface area (Å²) in [4.78, 5) is 16.1. The summed E-state index contributed by atoms with van der Waals surface area (Å²) in [6.07, 6.45) is 4.51. The van der Waals surface area contributed by atoms with Gasteiger partial charge in [-0.3, -0.25) is 9.78 Å². The smallest absolute Gasteiger partial charge is 0.262 e. The Kier molecular flexibility index (Phi) is 5.10. The Morgan fingerprint density at radius 1 is 1.36 bits per heavy atom. The minimum Gasteiger partial charge on any atom is -0.345 e.